The number of ether oxygens (including phenoxy) is 1. The third kappa shape index (κ3) is 7.83. The standard InChI is InChI=1S/C20H27ClN4O3S/c1-4-22-20(23-12-11-15-9-10-17(28-2)13-18(15)21)24-14-16-7-5-6-8-19(16)25-29(3,26)27/h5-10,13,25H,4,11-12,14H2,1-3H3,(H2,22,23,24). The molecule has 2 rings (SSSR count). The highest BCUT2D eigenvalue weighted by Gasteiger charge is 2.07. The number of nitrogens with zero attached hydrogens (tertiary/aromatic N) is 1. The Bertz CT molecular complexity index is 948. The first-order valence-corrected chi connectivity index (χ1v) is 11.5. The van der Waals surface area contributed by atoms with Crippen LogP contribution in [0.25, 0.3) is 0 Å². The number of aliphatic imine (C=N–C) groups is 1. The number of rotatable bonds is 9. The van der Waals surface area contributed by atoms with Crippen molar-refractivity contribution in [3.8, 4) is 5.75 Å². The molecule has 0 aliphatic heterocycles. The topological polar surface area (TPSA) is 91.8 Å². The average Bonchev–Trinajstić information content (AvgIpc) is 2.67. The molecular formula is C20H27ClN4O3S. The van der Waals surface area contributed by atoms with Gasteiger partial charge >= 0.3 is 0 Å². The van der Waals surface area contributed by atoms with Crippen molar-refractivity contribution in [3.63, 3.8) is 0 Å². The number of hydrogen-bond donors (Lipinski definition) is 3. The van der Waals surface area contributed by atoms with Gasteiger partial charge in [0.1, 0.15) is 5.75 Å². The van der Waals surface area contributed by atoms with Crippen LogP contribution in [0.15, 0.2) is 47.5 Å². The van der Waals surface area contributed by atoms with Crippen LogP contribution in [-0.2, 0) is 23.0 Å². The van der Waals surface area contributed by atoms with Gasteiger partial charge in [0.05, 0.1) is 25.6 Å². The van der Waals surface area contributed by atoms with Crippen molar-refractivity contribution in [1.82, 2.24) is 10.6 Å². The quantitative estimate of drug-likeness (QED) is 0.413. The molecule has 0 radical (unpaired) electrons. The summed E-state index contributed by atoms with van der Waals surface area (Å²) in [5.41, 5.74) is 2.33. The Balaban J connectivity index is 2.02. The summed E-state index contributed by atoms with van der Waals surface area (Å²) in [6.07, 6.45) is 1.85. The van der Waals surface area contributed by atoms with Gasteiger partial charge in [0, 0.05) is 18.1 Å². The van der Waals surface area contributed by atoms with Gasteiger partial charge in [-0.2, -0.15) is 0 Å². The molecule has 2 aromatic carbocycles. The van der Waals surface area contributed by atoms with Crippen LogP contribution in [0.4, 0.5) is 5.69 Å². The van der Waals surface area contributed by atoms with E-state index >= 15 is 0 Å². The molecule has 0 atom stereocenters. The number of benzene rings is 2. The molecule has 0 fully saturated rings. The zero-order valence-electron chi connectivity index (χ0n) is 16.8. The summed E-state index contributed by atoms with van der Waals surface area (Å²) >= 11 is 6.29. The number of halogens is 1. The van der Waals surface area contributed by atoms with E-state index in [9.17, 15) is 8.42 Å². The first-order chi connectivity index (χ1) is 13.8. The molecule has 2 aromatic rings. The molecule has 0 aliphatic rings. The first-order valence-electron chi connectivity index (χ1n) is 9.22. The van der Waals surface area contributed by atoms with Crippen molar-refractivity contribution in [2.75, 3.05) is 31.2 Å². The molecule has 7 nitrogen and oxygen atoms in total. The molecule has 0 spiro atoms. The fourth-order valence-corrected chi connectivity index (χ4v) is 3.50. The molecule has 0 bridgehead atoms. The lowest BCUT2D eigenvalue weighted by Crippen LogP contribution is -2.38. The van der Waals surface area contributed by atoms with Gasteiger partial charge < -0.3 is 15.4 Å². The lowest BCUT2D eigenvalue weighted by atomic mass is 10.1. The Morgan fingerprint density at radius 2 is 1.90 bits per heavy atom. The maximum absolute atomic E-state index is 11.5. The number of nitrogens with one attached hydrogen (secondary N) is 3. The lowest BCUT2D eigenvalue weighted by molar-refractivity contribution is 0.414. The zero-order valence-corrected chi connectivity index (χ0v) is 18.4. The molecule has 0 aromatic heterocycles. The van der Waals surface area contributed by atoms with Crippen LogP contribution in [0, 0.1) is 0 Å². The van der Waals surface area contributed by atoms with E-state index in [-0.39, 0.29) is 0 Å². The first kappa shape index (κ1) is 22.8. The molecule has 0 heterocycles. The van der Waals surface area contributed by atoms with Crippen LogP contribution in [0.1, 0.15) is 18.1 Å². The van der Waals surface area contributed by atoms with Crippen molar-refractivity contribution in [2.45, 2.75) is 19.9 Å². The van der Waals surface area contributed by atoms with Crippen molar-refractivity contribution >= 4 is 33.3 Å². The Kier molecular flexibility index (Phi) is 8.60. The molecule has 0 saturated heterocycles. The average molecular weight is 439 g/mol. The van der Waals surface area contributed by atoms with Crippen LogP contribution >= 0.6 is 11.6 Å². The summed E-state index contributed by atoms with van der Waals surface area (Å²) in [6.45, 7) is 3.66. The second kappa shape index (κ2) is 10.9. The minimum Gasteiger partial charge on any atom is -0.497 e. The molecule has 0 unspecified atom stereocenters. The van der Waals surface area contributed by atoms with E-state index in [0.29, 0.717) is 36.3 Å². The van der Waals surface area contributed by atoms with Crippen molar-refractivity contribution in [2.24, 2.45) is 4.99 Å². The summed E-state index contributed by atoms with van der Waals surface area (Å²) in [4.78, 5) is 4.56. The van der Waals surface area contributed by atoms with Gasteiger partial charge in [-0.3, -0.25) is 4.72 Å². The predicted molar refractivity (Wildman–Crippen MR) is 119 cm³/mol. The summed E-state index contributed by atoms with van der Waals surface area (Å²) in [5, 5.41) is 7.12. The fraction of sp³-hybridized carbons (Fsp3) is 0.350. The lowest BCUT2D eigenvalue weighted by Gasteiger charge is -2.13. The summed E-state index contributed by atoms with van der Waals surface area (Å²) < 4.78 is 30.8. The Morgan fingerprint density at radius 3 is 2.55 bits per heavy atom. The van der Waals surface area contributed by atoms with Gasteiger partial charge in [-0.25, -0.2) is 13.4 Å². The van der Waals surface area contributed by atoms with Crippen LogP contribution in [0.2, 0.25) is 5.02 Å². The molecule has 0 saturated carbocycles. The van der Waals surface area contributed by atoms with E-state index in [4.69, 9.17) is 16.3 Å². The third-order valence-corrected chi connectivity index (χ3v) is 4.95. The second-order valence-corrected chi connectivity index (χ2v) is 8.52. The normalized spacial score (nSPS) is 11.8. The number of guanidine groups is 1. The summed E-state index contributed by atoms with van der Waals surface area (Å²) in [7, 11) is -1.75. The number of sulfonamides is 1. The zero-order chi connectivity index (χ0) is 21.3. The minimum absolute atomic E-state index is 0.331. The van der Waals surface area contributed by atoms with E-state index in [1.807, 2.05) is 31.2 Å². The van der Waals surface area contributed by atoms with Crippen LogP contribution < -0.4 is 20.1 Å². The maximum atomic E-state index is 11.5. The number of anilines is 1. The molecule has 0 amide bonds. The van der Waals surface area contributed by atoms with Crippen LogP contribution in [0.3, 0.4) is 0 Å². The van der Waals surface area contributed by atoms with Crippen LogP contribution in [-0.4, -0.2) is 40.8 Å². The van der Waals surface area contributed by atoms with E-state index < -0.39 is 10.0 Å². The Morgan fingerprint density at radius 1 is 1.14 bits per heavy atom. The fourth-order valence-electron chi connectivity index (χ4n) is 2.64. The predicted octanol–water partition coefficient (Wildman–Crippen LogP) is 3.02. The monoisotopic (exact) mass is 438 g/mol. The third-order valence-electron chi connectivity index (χ3n) is 4.01. The molecular weight excluding hydrogens is 412 g/mol. The summed E-state index contributed by atoms with van der Waals surface area (Å²) in [5.74, 6) is 1.37. The van der Waals surface area contributed by atoms with Gasteiger partial charge in [-0.15, -0.1) is 0 Å². The number of hydrogen-bond acceptors (Lipinski definition) is 4. The van der Waals surface area contributed by atoms with Gasteiger partial charge in [-0.1, -0.05) is 35.9 Å². The molecule has 3 N–H and O–H groups in total. The largest absolute Gasteiger partial charge is 0.497 e. The Labute approximate surface area is 177 Å². The van der Waals surface area contributed by atoms with E-state index in [0.717, 1.165) is 29.6 Å². The van der Waals surface area contributed by atoms with Gasteiger partial charge in [0.15, 0.2) is 5.96 Å². The van der Waals surface area contributed by atoms with Gasteiger partial charge in [0.2, 0.25) is 10.0 Å². The molecule has 9 heteroatoms. The number of para-hydroxylation sites is 1. The molecule has 158 valence electrons. The van der Waals surface area contributed by atoms with E-state index in [2.05, 4.69) is 20.3 Å². The highest BCUT2D eigenvalue weighted by molar-refractivity contribution is 7.92. The SMILES string of the molecule is CCNC(=NCc1ccccc1NS(C)(=O)=O)NCCc1ccc(OC)cc1Cl. The minimum atomic E-state index is -3.35. The highest BCUT2D eigenvalue weighted by Crippen LogP contribution is 2.22. The van der Waals surface area contributed by atoms with Crippen molar-refractivity contribution < 1.29 is 13.2 Å². The highest BCUT2D eigenvalue weighted by atomic mass is 35.5. The van der Waals surface area contributed by atoms with Crippen molar-refractivity contribution in [3.05, 3.63) is 58.6 Å². The maximum Gasteiger partial charge on any atom is 0.229 e. The molecule has 0 aliphatic carbocycles. The number of methoxy groups -OCH3 is 1. The van der Waals surface area contributed by atoms with Crippen molar-refractivity contribution in [1.29, 1.82) is 0 Å². The second-order valence-electron chi connectivity index (χ2n) is 6.36. The van der Waals surface area contributed by atoms with Crippen LogP contribution in [0.5, 0.6) is 5.75 Å². The Hall–Kier alpha value is -2.45. The smallest absolute Gasteiger partial charge is 0.229 e. The molecule has 29 heavy (non-hydrogen) atoms. The van der Waals surface area contributed by atoms with Gasteiger partial charge in [0.25, 0.3) is 0 Å². The van der Waals surface area contributed by atoms with E-state index in [1.54, 1.807) is 25.3 Å². The van der Waals surface area contributed by atoms with Gasteiger partial charge in [-0.05, 0) is 42.7 Å². The summed E-state index contributed by atoms with van der Waals surface area (Å²) in [6, 6.07) is 12.8. The van der Waals surface area contributed by atoms with E-state index in [1.165, 1.54) is 0 Å².